The van der Waals surface area contributed by atoms with Gasteiger partial charge >= 0.3 is 0 Å². The van der Waals surface area contributed by atoms with E-state index in [9.17, 15) is 9.59 Å². The minimum Gasteiger partial charge on any atom is -0.459 e. The first-order valence-electron chi connectivity index (χ1n) is 16.1. The van der Waals surface area contributed by atoms with Crippen LogP contribution in [0.15, 0.2) is 60.4 Å². The molecule has 2 N–H and O–H groups in total. The maximum Gasteiger partial charge on any atom is 0.288 e. The van der Waals surface area contributed by atoms with Crippen molar-refractivity contribution in [3.63, 3.8) is 0 Å². The summed E-state index contributed by atoms with van der Waals surface area (Å²) in [6.07, 6.45) is 2.85. The van der Waals surface area contributed by atoms with Crippen LogP contribution in [0, 0.1) is 5.92 Å². The van der Waals surface area contributed by atoms with Gasteiger partial charge in [0.1, 0.15) is 5.54 Å². The Morgan fingerprint density at radius 2 is 1.78 bits per heavy atom. The molecule has 4 aliphatic rings. The number of piperidine rings is 1. The van der Waals surface area contributed by atoms with Gasteiger partial charge in [-0.1, -0.05) is 24.3 Å². The zero-order valence-electron chi connectivity index (χ0n) is 26.2. The molecular formula is C34H43N3O9. The summed E-state index contributed by atoms with van der Waals surface area (Å²) in [5, 5.41) is 11.9. The number of aliphatic hydroxyl groups is 1. The Hall–Kier alpha value is -3.84. The average molecular weight is 638 g/mol. The van der Waals surface area contributed by atoms with Gasteiger partial charge in [0.05, 0.1) is 33.1 Å². The van der Waals surface area contributed by atoms with Crippen molar-refractivity contribution in [2.75, 3.05) is 71.1 Å². The molecule has 0 bridgehead atoms. The lowest BCUT2D eigenvalue weighted by Gasteiger charge is -2.44. The van der Waals surface area contributed by atoms with Gasteiger partial charge < -0.3 is 48.6 Å². The third-order valence-electron chi connectivity index (χ3n) is 9.19. The molecule has 46 heavy (non-hydrogen) atoms. The SMILES string of the molecule is CCO[C@@H]1OC(C(=O)N2CCC3(CC2)C(=O)NCN3c2ccccc2)=C[C@H](c2ccc3c(c2)OCO3)[C@H]1CCOCCOCCO. The van der Waals surface area contributed by atoms with Gasteiger partial charge in [0, 0.05) is 43.8 Å². The van der Waals surface area contributed by atoms with Crippen LogP contribution in [0.25, 0.3) is 0 Å². The van der Waals surface area contributed by atoms with Crippen LogP contribution in [0.2, 0.25) is 0 Å². The molecule has 0 aliphatic carbocycles. The minimum absolute atomic E-state index is 0.000820. The lowest BCUT2D eigenvalue weighted by molar-refractivity contribution is -0.172. The number of hydrogen-bond acceptors (Lipinski definition) is 10. The van der Waals surface area contributed by atoms with Crippen LogP contribution in [-0.4, -0.2) is 99.8 Å². The number of nitrogens with one attached hydrogen (secondary N) is 1. The molecule has 6 rings (SSSR count). The van der Waals surface area contributed by atoms with E-state index in [1.807, 2.05) is 61.5 Å². The van der Waals surface area contributed by atoms with Crippen LogP contribution >= 0.6 is 0 Å². The fourth-order valence-corrected chi connectivity index (χ4v) is 6.81. The van der Waals surface area contributed by atoms with E-state index < -0.39 is 11.8 Å². The Bertz CT molecular complexity index is 1380. The third-order valence-corrected chi connectivity index (χ3v) is 9.19. The summed E-state index contributed by atoms with van der Waals surface area (Å²) in [4.78, 5) is 31.1. The Morgan fingerprint density at radius 1 is 1.02 bits per heavy atom. The van der Waals surface area contributed by atoms with Crippen LogP contribution in [0.1, 0.15) is 37.7 Å². The van der Waals surface area contributed by atoms with Crippen LogP contribution in [0.5, 0.6) is 11.5 Å². The maximum absolute atomic E-state index is 14.1. The normalized spacial score (nSPS) is 23.3. The molecule has 1 spiro atoms. The van der Waals surface area contributed by atoms with Crippen molar-refractivity contribution in [2.24, 2.45) is 5.92 Å². The number of carbonyl (C=O) groups is 2. The molecule has 2 saturated heterocycles. The lowest BCUT2D eigenvalue weighted by Crippen LogP contribution is -2.57. The highest BCUT2D eigenvalue weighted by molar-refractivity contribution is 5.95. The van der Waals surface area contributed by atoms with Gasteiger partial charge in [-0.3, -0.25) is 9.59 Å². The number of benzene rings is 2. The molecule has 12 heteroatoms. The molecule has 0 unspecified atom stereocenters. The molecule has 2 aromatic rings. The predicted molar refractivity (Wildman–Crippen MR) is 167 cm³/mol. The van der Waals surface area contributed by atoms with E-state index in [2.05, 4.69) is 10.2 Å². The Kier molecular flexibility index (Phi) is 10.3. The summed E-state index contributed by atoms with van der Waals surface area (Å²) in [6.45, 7) is 5.23. The third kappa shape index (κ3) is 6.66. The van der Waals surface area contributed by atoms with Crippen LogP contribution in [-0.2, 0) is 28.5 Å². The summed E-state index contributed by atoms with van der Waals surface area (Å²) in [5.41, 5.74) is 1.24. The van der Waals surface area contributed by atoms with Gasteiger partial charge in [-0.15, -0.1) is 0 Å². The van der Waals surface area contributed by atoms with E-state index in [1.165, 1.54) is 0 Å². The number of ether oxygens (including phenoxy) is 6. The van der Waals surface area contributed by atoms with Gasteiger partial charge in [0.2, 0.25) is 19.0 Å². The van der Waals surface area contributed by atoms with E-state index in [4.69, 9.17) is 33.5 Å². The molecule has 3 atom stereocenters. The molecule has 4 aliphatic heterocycles. The number of aliphatic hydroxyl groups excluding tert-OH is 1. The highest BCUT2D eigenvalue weighted by atomic mass is 16.7. The van der Waals surface area contributed by atoms with Gasteiger partial charge in [-0.05, 0) is 62.1 Å². The molecular weight excluding hydrogens is 594 g/mol. The average Bonchev–Trinajstić information content (AvgIpc) is 3.69. The molecule has 2 amide bonds. The van der Waals surface area contributed by atoms with Crippen LogP contribution in [0.4, 0.5) is 5.69 Å². The summed E-state index contributed by atoms with van der Waals surface area (Å²) in [5.74, 6) is 0.991. The van der Waals surface area contributed by atoms with E-state index in [1.54, 1.807) is 4.90 Å². The number of nitrogens with zero attached hydrogens (tertiary/aromatic N) is 2. The Balaban J connectivity index is 1.20. The second-order valence-electron chi connectivity index (χ2n) is 11.8. The number of carbonyl (C=O) groups excluding carboxylic acids is 2. The van der Waals surface area contributed by atoms with Gasteiger partial charge in [-0.25, -0.2) is 0 Å². The van der Waals surface area contributed by atoms with Crippen molar-refractivity contribution in [3.8, 4) is 11.5 Å². The van der Waals surface area contributed by atoms with E-state index >= 15 is 0 Å². The fraction of sp³-hybridized carbons (Fsp3) is 0.529. The Labute approximate surface area is 269 Å². The molecule has 2 aromatic carbocycles. The van der Waals surface area contributed by atoms with Crippen molar-refractivity contribution in [1.29, 1.82) is 0 Å². The first-order chi connectivity index (χ1) is 22.5. The summed E-state index contributed by atoms with van der Waals surface area (Å²) < 4.78 is 34.8. The van der Waals surface area contributed by atoms with Crippen molar-refractivity contribution < 1.29 is 43.1 Å². The van der Waals surface area contributed by atoms with E-state index in [0.29, 0.717) is 76.9 Å². The quantitative estimate of drug-likeness (QED) is 0.317. The van der Waals surface area contributed by atoms with Crippen molar-refractivity contribution >= 4 is 17.5 Å². The molecule has 4 heterocycles. The molecule has 0 radical (unpaired) electrons. The number of rotatable bonds is 13. The number of hydrogen-bond donors (Lipinski definition) is 2. The largest absolute Gasteiger partial charge is 0.459 e. The zero-order valence-corrected chi connectivity index (χ0v) is 26.2. The van der Waals surface area contributed by atoms with Crippen molar-refractivity contribution in [1.82, 2.24) is 10.2 Å². The number of amides is 2. The predicted octanol–water partition coefficient (Wildman–Crippen LogP) is 2.76. The number of para-hydroxylation sites is 1. The standard InChI is InChI=1S/C34H43N3O9/c1-2-43-32-26(10-16-41-18-19-42-17-15-38)27(24-8-9-28-29(20-24)45-23-44-28)21-30(46-32)31(39)36-13-11-34(12-14-36)33(40)35-22-37(34)25-6-4-3-5-7-25/h3-9,20-21,26-27,32,38H,2,10-19,22-23H2,1H3,(H,35,40)/t26-,27-,32-/m1/s1. The molecule has 0 saturated carbocycles. The second-order valence-corrected chi connectivity index (χ2v) is 11.8. The number of likely N-dealkylation sites (tertiary alicyclic amines) is 1. The second kappa shape index (κ2) is 14.7. The highest BCUT2D eigenvalue weighted by Gasteiger charge is 2.51. The van der Waals surface area contributed by atoms with Gasteiger partial charge in [0.25, 0.3) is 5.91 Å². The van der Waals surface area contributed by atoms with Gasteiger partial charge in [-0.2, -0.15) is 0 Å². The molecule has 248 valence electrons. The van der Waals surface area contributed by atoms with E-state index in [0.717, 1.165) is 11.3 Å². The first-order valence-corrected chi connectivity index (χ1v) is 16.1. The molecule has 12 nitrogen and oxygen atoms in total. The summed E-state index contributed by atoms with van der Waals surface area (Å²) >= 11 is 0. The summed E-state index contributed by atoms with van der Waals surface area (Å²) in [6, 6.07) is 15.8. The molecule has 0 aromatic heterocycles. The van der Waals surface area contributed by atoms with Crippen LogP contribution in [0.3, 0.4) is 0 Å². The number of anilines is 1. The summed E-state index contributed by atoms with van der Waals surface area (Å²) in [7, 11) is 0. The minimum atomic E-state index is -0.697. The smallest absolute Gasteiger partial charge is 0.288 e. The topological polar surface area (TPSA) is 128 Å². The van der Waals surface area contributed by atoms with Gasteiger partial charge in [0.15, 0.2) is 17.3 Å². The maximum atomic E-state index is 14.1. The lowest BCUT2D eigenvalue weighted by atomic mass is 9.81. The Morgan fingerprint density at radius 3 is 2.54 bits per heavy atom. The molecule has 2 fully saturated rings. The first kappa shape index (κ1) is 32.1. The highest BCUT2D eigenvalue weighted by Crippen LogP contribution is 2.43. The fourth-order valence-electron chi connectivity index (χ4n) is 6.81. The number of allylic oxidation sites excluding steroid dienone is 1. The number of fused-ring (bicyclic) bond motifs is 1. The van der Waals surface area contributed by atoms with Crippen LogP contribution < -0.4 is 19.7 Å². The monoisotopic (exact) mass is 637 g/mol. The zero-order chi connectivity index (χ0) is 31.9. The van der Waals surface area contributed by atoms with Crippen molar-refractivity contribution in [2.45, 2.75) is 43.9 Å². The van der Waals surface area contributed by atoms with E-state index in [-0.39, 0.29) is 49.4 Å². The van der Waals surface area contributed by atoms with Crippen molar-refractivity contribution in [3.05, 3.63) is 65.9 Å².